The van der Waals surface area contributed by atoms with Crippen LogP contribution in [0.1, 0.15) is 63.2 Å². The van der Waals surface area contributed by atoms with Crippen LogP contribution in [0.15, 0.2) is 72.9 Å². The number of likely N-dealkylation sites (tertiary alicyclic amines) is 2. The molecule has 3 saturated heterocycles. The van der Waals surface area contributed by atoms with Crippen LogP contribution >= 0.6 is 0 Å². The first kappa shape index (κ1) is 33.3. The third-order valence-electron chi connectivity index (χ3n) is 8.98. The number of hydrogen-bond donors (Lipinski definition) is 0. The van der Waals surface area contributed by atoms with Gasteiger partial charge in [-0.2, -0.15) is 13.2 Å². The molecule has 3 fully saturated rings. The summed E-state index contributed by atoms with van der Waals surface area (Å²) in [5, 5.41) is 0. The molecule has 0 atom stereocenters. The van der Waals surface area contributed by atoms with Crippen LogP contribution in [-0.2, 0) is 24.0 Å². The third kappa shape index (κ3) is 8.58. The highest BCUT2D eigenvalue weighted by molar-refractivity contribution is 5.97. The molecule has 3 aromatic rings. The normalized spacial score (nSPS) is 19.0. The van der Waals surface area contributed by atoms with E-state index in [-0.39, 0.29) is 12.0 Å². The summed E-state index contributed by atoms with van der Waals surface area (Å²) in [4.78, 5) is 45.5. The number of ether oxygens (including phenoxy) is 1. The zero-order valence-electron chi connectivity index (χ0n) is 25.9. The number of rotatable bonds is 7. The minimum absolute atomic E-state index is 0.239. The Balaban J connectivity index is 0.000000232. The predicted molar refractivity (Wildman–Crippen MR) is 166 cm³/mol. The van der Waals surface area contributed by atoms with Crippen LogP contribution < -0.4 is 0 Å². The molecular weight excluding hydrogens is 597 g/mol. The van der Waals surface area contributed by atoms with Crippen molar-refractivity contribution >= 4 is 18.2 Å². The van der Waals surface area contributed by atoms with E-state index in [0.717, 1.165) is 49.2 Å². The molecule has 6 rings (SSSR count). The molecule has 0 bridgehead atoms. The zero-order chi connectivity index (χ0) is 32.7. The topological polar surface area (TPSA) is 83.0 Å². The molecule has 0 unspecified atom stereocenters. The number of carbonyl (C=O) groups is 3. The number of benzene rings is 2. The van der Waals surface area contributed by atoms with E-state index in [0.29, 0.717) is 68.9 Å². The fourth-order valence-electron chi connectivity index (χ4n) is 6.15. The summed E-state index contributed by atoms with van der Waals surface area (Å²) in [7, 11) is 2.11. The summed E-state index contributed by atoms with van der Waals surface area (Å²) in [5.74, 6) is 0.562. The van der Waals surface area contributed by atoms with Gasteiger partial charge in [-0.3, -0.25) is 24.4 Å². The van der Waals surface area contributed by atoms with Crippen molar-refractivity contribution in [1.82, 2.24) is 19.7 Å². The van der Waals surface area contributed by atoms with Crippen LogP contribution in [0.5, 0.6) is 0 Å². The Morgan fingerprint density at radius 3 is 2.22 bits per heavy atom. The van der Waals surface area contributed by atoms with Crippen molar-refractivity contribution in [3.8, 4) is 0 Å². The van der Waals surface area contributed by atoms with Gasteiger partial charge in [-0.25, -0.2) is 4.79 Å². The Hall–Kier alpha value is -4.09. The summed E-state index contributed by atoms with van der Waals surface area (Å²) in [5.41, 5.74) is 1.65. The van der Waals surface area contributed by atoms with Gasteiger partial charge >= 0.3 is 12.3 Å². The first-order valence-corrected chi connectivity index (χ1v) is 15.6. The van der Waals surface area contributed by atoms with Crippen molar-refractivity contribution in [2.24, 2.45) is 5.92 Å². The van der Waals surface area contributed by atoms with Gasteiger partial charge < -0.3 is 9.64 Å². The molecule has 0 saturated carbocycles. The molecule has 8 nitrogen and oxygen atoms in total. The van der Waals surface area contributed by atoms with Crippen molar-refractivity contribution in [1.29, 1.82) is 0 Å². The highest BCUT2D eigenvalue weighted by Gasteiger charge is 2.47. The zero-order valence-corrected chi connectivity index (χ0v) is 25.9. The first-order chi connectivity index (χ1) is 22.0. The molecule has 3 aliphatic heterocycles. The molecule has 2 aromatic carbocycles. The number of nitrogens with zero attached hydrogens (tertiary/aromatic N) is 4. The van der Waals surface area contributed by atoms with Gasteiger partial charge in [0.1, 0.15) is 5.60 Å². The SMILES string of the molecule is CN1CCC(C(=O)c2ccccc2)CC1.O=Cc1ccc(CN2CC3(CCN(Cc4ccc(C(F)(F)F)cc4)CC3)OC2=O)nc1. The number of Topliss-reactive ketones (excluding diaryl/α,β-unsaturated/α-hetero) is 1. The molecule has 3 aliphatic rings. The molecule has 244 valence electrons. The van der Waals surface area contributed by atoms with Gasteiger partial charge in [0, 0.05) is 55.7 Å². The van der Waals surface area contributed by atoms with E-state index in [9.17, 15) is 27.6 Å². The molecule has 0 radical (unpaired) electrons. The average Bonchev–Trinajstić information content (AvgIpc) is 3.36. The van der Waals surface area contributed by atoms with Crippen molar-refractivity contribution in [3.63, 3.8) is 0 Å². The van der Waals surface area contributed by atoms with Gasteiger partial charge in [-0.05, 0) is 62.8 Å². The smallest absolute Gasteiger partial charge is 0.416 e. The minimum Gasteiger partial charge on any atom is -0.441 e. The largest absolute Gasteiger partial charge is 0.441 e. The Morgan fingerprint density at radius 1 is 0.957 bits per heavy atom. The average molecular weight is 637 g/mol. The molecule has 0 aliphatic carbocycles. The van der Waals surface area contributed by atoms with Crippen LogP contribution in [0.4, 0.5) is 18.0 Å². The third-order valence-corrected chi connectivity index (χ3v) is 8.98. The van der Waals surface area contributed by atoms with E-state index < -0.39 is 17.3 Å². The minimum atomic E-state index is -4.33. The number of hydrogen-bond acceptors (Lipinski definition) is 7. The van der Waals surface area contributed by atoms with Crippen molar-refractivity contribution < 1.29 is 32.3 Å². The number of pyridine rings is 1. The second-order valence-electron chi connectivity index (χ2n) is 12.4. The van der Waals surface area contributed by atoms with Crippen molar-refractivity contribution in [2.75, 3.05) is 39.8 Å². The summed E-state index contributed by atoms with van der Waals surface area (Å²) in [6.45, 7) is 4.81. The number of alkyl halides is 3. The number of aromatic nitrogens is 1. The van der Waals surface area contributed by atoms with E-state index in [1.807, 2.05) is 30.3 Å². The van der Waals surface area contributed by atoms with E-state index in [1.54, 1.807) is 17.0 Å². The van der Waals surface area contributed by atoms with Crippen molar-refractivity contribution in [2.45, 2.75) is 50.6 Å². The van der Waals surface area contributed by atoms with Crippen LogP contribution in [0, 0.1) is 5.92 Å². The standard InChI is InChI=1S/C22H22F3N3O3.C13H17NO/c23-22(24,25)18-4-1-16(2-5-18)12-27-9-7-21(8-10-27)15-28(20(30)31-21)13-19-6-3-17(14-29)11-26-19;1-14-9-7-12(8-10-14)13(15)11-5-3-2-4-6-11/h1-6,11,14H,7-10,12-13,15H2;2-6,12H,7-10H2,1H3. The van der Waals surface area contributed by atoms with Crippen molar-refractivity contribution in [3.05, 3.63) is 101 Å². The molecular formula is C35H39F3N4O4. The lowest BCUT2D eigenvalue weighted by Crippen LogP contribution is -2.46. The Morgan fingerprint density at radius 2 is 1.63 bits per heavy atom. The number of piperidine rings is 2. The molecule has 1 amide bonds. The first-order valence-electron chi connectivity index (χ1n) is 15.6. The summed E-state index contributed by atoms with van der Waals surface area (Å²) in [6, 6.07) is 18.2. The van der Waals surface area contributed by atoms with Gasteiger partial charge in [-0.1, -0.05) is 42.5 Å². The maximum absolute atomic E-state index is 12.7. The summed E-state index contributed by atoms with van der Waals surface area (Å²) in [6.07, 6.45) is 0.806. The lowest BCUT2D eigenvalue weighted by Gasteiger charge is -2.37. The predicted octanol–water partition coefficient (Wildman–Crippen LogP) is 6.11. The highest BCUT2D eigenvalue weighted by Crippen LogP contribution is 2.35. The number of carbonyl (C=O) groups excluding carboxylic acids is 3. The van der Waals surface area contributed by atoms with Crippen LogP contribution in [0.2, 0.25) is 0 Å². The Kier molecular flexibility index (Phi) is 10.5. The monoisotopic (exact) mass is 636 g/mol. The highest BCUT2D eigenvalue weighted by atomic mass is 19.4. The van der Waals surface area contributed by atoms with Gasteiger partial charge in [0.15, 0.2) is 12.1 Å². The van der Waals surface area contributed by atoms with Gasteiger partial charge in [-0.15, -0.1) is 0 Å². The fourth-order valence-corrected chi connectivity index (χ4v) is 6.15. The van der Waals surface area contributed by atoms with Crippen LogP contribution in [0.3, 0.4) is 0 Å². The van der Waals surface area contributed by atoms with E-state index in [2.05, 4.69) is 21.8 Å². The summed E-state index contributed by atoms with van der Waals surface area (Å²) < 4.78 is 43.8. The molecule has 11 heteroatoms. The summed E-state index contributed by atoms with van der Waals surface area (Å²) >= 11 is 0. The molecule has 1 aromatic heterocycles. The number of halogens is 3. The second-order valence-corrected chi connectivity index (χ2v) is 12.4. The molecule has 4 heterocycles. The lowest BCUT2D eigenvalue weighted by atomic mass is 9.89. The maximum atomic E-state index is 12.7. The fraction of sp³-hybridized carbons (Fsp3) is 0.429. The second kappa shape index (κ2) is 14.6. The van der Waals surface area contributed by atoms with Gasteiger partial charge in [0.05, 0.1) is 24.3 Å². The Bertz CT molecular complexity index is 1470. The van der Waals surface area contributed by atoms with Gasteiger partial charge in [0.2, 0.25) is 0 Å². The van der Waals surface area contributed by atoms with E-state index in [4.69, 9.17) is 4.74 Å². The van der Waals surface area contributed by atoms with E-state index >= 15 is 0 Å². The number of amides is 1. The van der Waals surface area contributed by atoms with Crippen LogP contribution in [-0.4, -0.2) is 83.2 Å². The quantitative estimate of drug-likeness (QED) is 0.229. The maximum Gasteiger partial charge on any atom is 0.416 e. The lowest BCUT2D eigenvalue weighted by molar-refractivity contribution is -0.137. The van der Waals surface area contributed by atoms with E-state index in [1.165, 1.54) is 18.3 Å². The number of ketones is 1. The molecule has 0 N–H and O–H groups in total. The van der Waals surface area contributed by atoms with Gasteiger partial charge in [0.25, 0.3) is 0 Å². The molecule has 1 spiro atoms. The Labute approximate surface area is 267 Å². The molecule has 46 heavy (non-hydrogen) atoms. The number of aldehydes is 1. The van der Waals surface area contributed by atoms with Crippen LogP contribution in [0.25, 0.3) is 0 Å².